The van der Waals surface area contributed by atoms with E-state index in [0.29, 0.717) is 17.8 Å². The lowest BCUT2D eigenvalue weighted by Crippen LogP contribution is -2.24. The highest BCUT2D eigenvalue weighted by atomic mass is 127. The van der Waals surface area contributed by atoms with E-state index in [1.807, 2.05) is 24.3 Å². The fourth-order valence-electron chi connectivity index (χ4n) is 2.23. The van der Waals surface area contributed by atoms with Crippen LogP contribution in [0.2, 0.25) is 0 Å². The highest BCUT2D eigenvalue weighted by molar-refractivity contribution is 14.1. The van der Waals surface area contributed by atoms with Crippen molar-refractivity contribution in [2.75, 3.05) is 6.61 Å². The standard InChI is InChI=1S/C17H14F2IN4O2P/c18-17(19,20)10-26-16-21-7-12(8-22-16)13-5-6-15(25)24(23-13)9-11-3-1-2-4-14(11)27/h1-8H,9-10,27H2. The smallest absolute Gasteiger partial charge is 0.329 e. The van der Waals surface area contributed by atoms with Crippen molar-refractivity contribution < 1.29 is 13.5 Å². The van der Waals surface area contributed by atoms with Gasteiger partial charge in [-0.05, 0) is 16.9 Å². The van der Waals surface area contributed by atoms with E-state index in [9.17, 15) is 13.6 Å². The summed E-state index contributed by atoms with van der Waals surface area (Å²) in [6, 6.07) is 10.5. The Morgan fingerprint density at radius 3 is 2.52 bits per heavy atom. The molecule has 3 rings (SSSR count). The van der Waals surface area contributed by atoms with Crippen LogP contribution in [0.15, 0.2) is 53.6 Å². The number of alkyl halides is 3. The van der Waals surface area contributed by atoms with Crippen LogP contribution in [0.5, 0.6) is 6.01 Å². The summed E-state index contributed by atoms with van der Waals surface area (Å²) in [4.78, 5) is 19.9. The number of aromatic nitrogens is 4. The van der Waals surface area contributed by atoms with Crippen LogP contribution in [0, 0.1) is 0 Å². The predicted octanol–water partition coefficient (Wildman–Crippen LogP) is 2.66. The van der Waals surface area contributed by atoms with Crippen molar-refractivity contribution in [1.82, 2.24) is 19.7 Å². The lowest BCUT2D eigenvalue weighted by molar-refractivity contribution is 0.0603. The molecule has 27 heavy (non-hydrogen) atoms. The molecule has 2 aromatic heterocycles. The summed E-state index contributed by atoms with van der Waals surface area (Å²) in [5.41, 5.74) is 1.74. The Balaban J connectivity index is 1.81. The van der Waals surface area contributed by atoms with Crippen LogP contribution in [0.4, 0.5) is 8.78 Å². The predicted molar refractivity (Wildman–Crippen MR) is 109 cm³/mol. The molecule has 1 aromatic carbocycles. The Hall–Kier alpha value is -2.00. The first-order chi connectivity index (χ1) is 12.8. The molecule has 140 valence electrons. The summed E-state index contributed by atoms with van der Waals surface area (Å²) in [5.74, 6) is 0. The lowest BCUT2D eigenvalue weighted by Gasteiger charge is -2.10. The Labute approximate surface area is 169 Å². The van der Waals surface area contributed by atoms with E-state index in [4.69, 9.17) is 4.74 Å². The molecule has 0 saturated carbocycles. The molecule has 0 fully saturated rings. The number of halogens is 3. The van der Waals surface area contributed by atoms with Crippen LogP contribution < -0.4 is 15.6 Å². The second-order valence-corrected chi connectivity index (χ2v) is 7.77. The lowest BCUT2D eigenvalue weighted by atomic mass is 10.2. The van der Waals surface area contributed by atoms with Gasteiger partial charge in [0.25, 0.3) is 5.56 Å². The third kappa shape index (κ3) is 5.49. The maximum atomic E-state index is 12.8. The largest absolute Gasteiger partial charge is 0.456 e. The molecule has 10 heteroatoms. The first kappa shape index (κ1) is 19.8. The zero-order chi connectivity index (χ0) is 19.4. The van der Waals surface area contributed by atoms with Crippen molar-refractivity contribution in [2.24, 2.45) is 0 Å². The molecule has 1 unspecified atom stereocenters. The number of hydrogen-bond donors (Lipinski definition) is 0. The molecule has 0 aliphatic carbocycles. The van der Waals surface area contributed by atoms with Crippen LogP contribution in [0.1, 0.15) is 5.56 Å². The van der Waals surface area contributed by atoms with Gasteiger partial charge in [-0.1, -0.05) is 24.3 Å². The number of nitrogens with zero attached hydrogens (tertiary/aromatic N) is 4. The first-order valence-electron chi connectivity index (χ1n) is 7.75. The van der Waals surface area contributed by atoms with Gasteiger partial charge in [0, 0.05) is 46.6 Å². The number of hydrogen-bond acceptors (Lipinski definition) is 5. The van der Waals surface area contributed by atoms with E-state index in [-0.39, 0.29) is 11.6 Å². The normalized spacial score (nSPS) is 11.4. The van der Waals surface area contributed by atoms with Gasteiger partial charge in [0.1, 0.15) is 0 Å². The molecule has 1 atom stereocenters. The molecule has 0 radical (unpaired) electrons. The summed E-state index contributed by atoms with van der Waals surface area (Å²) in [5, 5.41) is 5.33. The molecule has 0 spiro atoms. The molecule has 3 aromatic rings. The Morgan fingerprint density at radius 2 is 1.85 bits per heavy atom. The van der Waals surface area contributed by atoms with Gasteiger partial charge in [-0.15, -0.1) is 9.24 Å². The van der Waals surface area contributed by atoms with Crippen LogP contribution in [0.3, 0.4) is 0 Å². The van der Waals surface area contributed by atoms with E-state index in [1.165, 1.54) is 23.1 Å². The van der Waals surface area contributed by atoms with E-state index < -0.39 is 10.5 Å². The van der Waals surface area contributed by atoms with Gasteiger partial charge < -0.3 is 4.74 Å². The molecule has 2 heterocycles. The summed E-state index contributed by atoms with van der Waals surface area (Å²) >= 11 is 0.979. The molecular formula is C17H14F2IN4O2P. The SMILES string of the molecule is O=c1ccc(-c2cnc(OCC(F)(F)I)nc2)nn1Cc1ccccc1P. The fourth-order valence-corrected chi connectivity index (χ4v) is 2.68. The Morgan fingerprint density at radius 1 is 1.15 bits per heavy atom. The highest BCUT2D eigenvalue weighted by Crippen LogP contribution is 2.23. The molecule has 0 bridgehead atoms. The van der Waals surface area contributed by atoms with Gasteiger partial charge in [-0.3, -0.25) is 4.79 Å². The van der Waals surface area contributed by atoms with Crippen molar-refractivity contribution in [3.63, 3.8) is 0 Å². The maximum absolute atomic E-state index is 12.8. The van der Waals surface area contributed by atoms with E-state index in [2.05, 4.69) is 24.3 Å². The Kier molecular flexibility index (Phi) is 6.11. The van der Waals surface area contributed by atoms with Crippen molar-refractivity contribution in [1.29, 1.82) is 0 Å². The number of rotatable bonds is 6. The maximum Gasteiger partial charge on any atom is 0.329 e. The molecule has 0 aliphatic heterocycles. The minimum atomic E-state index is -3.00. The quantitative estimate of drug-likeness (QED) is 0.295. The van der Waals surface area contributed by atoms with E-state index >= 15 is 0 Å². The van der Waals surface area contributed by atoms with Gasteiger partial charge in [0.2, 0.25) is 0 Å². The van der Waals surface area contributed by atoms with Crippen LogP contribution >= 0.6 is 31.8 Å². The van der Waals surface area contributed by atoms with Gasteiger partial charge in [-0.25, -0.2) is 14.6 Å². The first-order valence-corrected chi connectivity index (χ1v) is 9.41. The van der Waals surface area contributed by atoms with Crippen LogP contribution in [-0.4, -0.2) is 30.3 Å². The zero-order valence-corrected chi connectivity index (χ0v) is 17.2. The molecule has 0 aliphatic rings. The van der Waals surface area contributed by atoms with E-state index in [1.54, 1.807) is 6.07 Å². The molecule has 6 nitrogen and oxygen atoms in total. The second kappa shape index (κ2) is 8.35. The van der Waals surface area contributed by atoms with Crippen molar-refractivity contribution >= 4 is 37.1 Å². The minimum Gasteiger partial charge on any atom is -0.456 e. The van der Waals surface area contributed by atoms with Crippen LogP contribution in [-0.2, 0) is 6.54 Å². The Bertz CT molecular complexity index is 993. The molecule has 0 saturated heterocycles. The average molecular weight is 502 g/mol. The summed E-state index contributed by atoms with van der Waals surface area (Å²) in [7, 11) is 2.63. The fraction of sp³-hybridized carbons (Fsp3) is 0.176. The zero-order valence-electron chi connectivity index (χ0n) is 13.8. The minimum absolute atomic E-state index is 0.152. The van der Waals surface area contributed by atoms with Crippen LogP contribution in [0.25, 0.3) is 11.3 Å². The third-order valence-electron chi connectivity index (χ3n) is 3.53. The average Bonchev–Trinajstić information content (AvgIpc) is 2.63. The van der Waals surface area contributed by atoms with Gasteiger partial charge >= 0.3 is 9.94 Å². The molecule has 0 N–H and O–H groups in total. The molecule has 0 amide bonds. The summed E-state index contributed by atoms with van der Waals surface area (Å²) in [6.07, 6.45) is 2.82. The topological polar surface area (TPSA) is 69.9 Å². The highest BCUT2D eigenvalue weighted by Gasteiger charge is 2.25. The van der Waals surface area contributed by atoms with Gasteiger partial charge in [-0.2, -0.15) is 13.9 Å². The van der Waals surface area contributed by atoms with Crippen molar-refractivity contribution in [3.05, 3.63) is 64.7 Å². The van der Waals surface area contributed by atoms with E-state index in [0.717, 1.165) is 33.5 Å². The van der Waals surface area contributed by atoms with Crippen molar-refractivity contribution in [2.45, 2.75) is 10.5 Å². The molecular weight excluding hydrogens is 488 g/mol. The number of ether oxygens (including phenoxy) is 1. The monoisotopic (exact) mass is 502 g/mol. The summed E-state index contributed by atoms with van der Waals surface area (Å²) < 4.78 is 28.8. The van der Waals surface area contributed by atoms with Gasteiger partial charge in [0.05, 0.1) is 12.2 Å². The second-order valence-electron chi connectivity index (χ2n) is 5.57. The van der Waals surface area contributed by atoms with Gasteiger partial charge in [0.15, 0.2) is 6.61 Å². The third-order valence-corrected chi connectivity index (χ3v) is 4.41. The number of benzene rings is 1. The van der Waals surface area contributed by atoms with Crippen molar-refractivity contribution in [3.8, 4) is 17.3 Å². The summed E-state index contributed by atoms with van der Waals surface area (Å²) in [6.45, 7) is -0.496.